The van der Waals surface area contributed by atoms with Gasteiger partial charge in [0.25, 0.3) is 0 Å². The molecule has 2 unspecified atom stereocenters. The molecule has 0 bridgehead atoms. The second-order valence-corrected chi connectivity index (χ2v) is 3.15. The SMILES string of the molecule is NC(CC(=O)O)C1C=CC(O)=CC1. The van der Waals surface area contributed by atoms with E-state index in [-0.39, 0.29) is 24.1 Å². The van der Waals surface area contributed by atoms with Crippen molar-refractivity contribution in [1.82, 2.24) is 0 Å². The fraction of sp³-hybridized carbons (Fsp3) is 0.444. The van der Waals surface area contributed by atoms with E-state index in [1.807, 2.05) is 0 Å². The van der Waals surface area contributed by atoms with Crippen molar-refractivity contribution in [3.05, 3.63) is 24.0 Å². The highest BCUT2D eigenvalue weighted by Gasteiger charge is 2.18. The van der Waals surface area contributed by atoms with Gasteiger partial charge in [-0.05, 0) is 24.5 Å². The minimum Gasteiger partial charge on any atom is -0.508 e. The molecule has 0 fully saturated rings. The van der Waals surface area contributed by atoms with E-state index >= 15 is 0 Å². The molecule has 72 valence electrons. The lowest BCUT2D eigenvalue weighted by Gasteiger charge is -2.19. The summed E-state index contributed by atoms with van der Waals surface area (Å²) in [5, 5.41) is 17.5. The normalized spacial score (nSPS) is 23.8. The Morgan fingerprint density at radius 2 is 2.46 bits per heavy atom. The fourth-order valence-corrected chi connectivity index (χ4v) is 1.30. The van der Waals surface area contributed by atoms with E-state index in [1.54, 1.807) is 18.2 Å². The number of hydrogen-bond acceptors (Lipinski definition) is 3. The summed E-state index contributed by atoms with van der Waals surface area (Å²) in [6.07, 6.45) is 5.52. The molecule has 0 amide bonds. The highest BCUT2D eigenvalue weighted by atomic mass is 16.4. The van der Waals surface area contributed by atoms with Crippen molar-refractivity contribution in [3.8, 4) is 0 Å². The summed E-state index contributed by atoms with van der Waals surface area (Å²) in [6.45, 7) is 0. The zero-order valence-corrected chi connectivity index (χ0v) is 7.18. The number of carboxylic acid groups (broad SMARTS) is 1. The summed E-state index contributed by atoms with van der Waals surface area (Å²) in [5.41, 5.74) is 5.65. The van der Waals surface area contributed by atoms with E-state index in [0.29, 0.717) is 6.42 Å². The Kier molecular flexibility index (Phi) is 3.08. The molecule has 0 saturated carbocycles. The van der Waals surface area contributed by atoms with Crippen LogP contribution in [-0.4, -0.2) is 22.2 Å². The third kappa shape index (κ3) is 2.91. The topological polar surface area (TPSA) is 83.6 Å². The minimum atomic E-state index is -0.889. The summed E-state index contributed by atoms with van der Waals surface area (Å²) in [4.78, 5) is 10.3. The van der Waals surface area contributed by atoms with Gasteiger partial charge in [-0.1, -0.05) is 6.08 Å². The van der Waals surface area contributed by atoms with Gasteiger partial charge in [-0.25, -0.2) is 0 Å². The van der Waals surface area contributed by atoms with Crippen LogP contribution in [0.2, 0.25) is 0 Å². The first-order chi connectivity index (χ1) is 6.09. The molecule has 0 aromatic rings. The Morgan fingerprint density at radius 1 is 1.77 bits per heavy atom. The third-order valence-electron chi connectivity index (χ3n) is 2.07. The van der Waals surface area contributed by atoms with Crippen LogP contribution in [0.1, 0.15) is 12.8 Å². The Hall–Kier alpha value is -1.29. The molecule has 0 aromatic heterocycles. The maximum Gasteiger partial charge on any atom is 0.304 e. The Morgan fingerprint density at radius 3 is 2.92 bits per heavy atom. The standard InChI is InChI=1S/C9H13NO3/c10-8(5-9(12)13)6-1-3-7(11)4-2-6/h1,3-4,6,8,11H,2,5,10H2,(H,12,13). The van der Waals surface area contributed by atoms with Crippen molar-refractivity contribution in [2.75, 3.05) is 0 Å². The summed E-state index contributed by atoms with van der Waals surface area (Å²) in [5.74, 6) is -0.648. The molecule has 4 nitrogen and oxygen atoms in total. The number of aliphatic hydroxyl groups excluding tert-OH is 1. The smallest absolute Gasteiger partial charge is 0.304 e. The van der Waals surface area contributed by atoms with Crippen LogP contribution in [0, 0.1) is 5.92 Å². The van der Waals surface area contributed by atoms with Gasteiger partial charge in [-0.15, -0.1) is 0 Å². The predicted octanol–water partition coefficient (Wildman–Crippen LogP) is 0.806. The van der Waals surface area contributed by atoms with Gasteiger partial charge >= 0.3 is 5.97 Å². The highest BCUT2D eigenvalue weighted by molar-refractivity contribution is 5.67. The molecule has 2 atom stereocenters. The molecule has 0 radical (unpaired) electrons. The number of carboxylic acids is 1. The summed E-state index contributed by atoms with van der Waals surface area (Å²) in [7, 11) is 0. The second-order valence-electron chi connectivity index (χ2n) is 3.15. The van der Waals surface area contributed by atoms with Gasteiger partial charge < -0.3 is 15.9 Å². The van der Waals surface area contributed by atoms with Gasteiger partial charge in [0.2, 0.25) is 0 Å². The number of allylic oxidation sites excluding steroid dienone is 2. The molecular weight excluding hydrogens is 170 g/mol. The zero-order valence-electron chi connectivity index (χ0n) is 7.18. The molecule has 1 aliphatic rings. The van der Waals surface area contributed by atoms with Crippen LogP contribution < -0.4 is 5.73 Å². The van der Waals surface area contributed by atoms with E-state index in [2.05, 4.69) is 0 Å². The summed E-state index contributed by atoms with van der Waals surface area (Å²) in [6, 6.07) is -0.377. The van der Waals surface area contributed by atoms with Gasteiger partial charge in [0.05, 0.1) is 6.42 Å². The monoisotopic (exact) mass is 183 g/mol. The lowest BCUT2D eigenvalue weighted by Crippen LogP contribution is -2.31. The van der Waals surface area contributed by atoms with Crippen molar-refractivity contribution in [1.29, 1.82) is 0 Å². The molecule has 0 saturated heterocycles. The lowest BCUT2D eigenvalue weighted by molar-refractivity contribution is -0.137. The summed E-state index contributed by atoms with van der Waals surface area (Å²) < 4.78 is 0. The molecule has 4 N–H and O–H groups in total. The van der Waals surface area contributed by atoms with Crippen LogP contribution in [0.5, 0.6) is 0 Å². The summed E-state index contributed by atoms with van der Waals surface area (Å²) >= 11 is 0. The third-order valence-corrected chi connectivity index (χ3v) is 2.07. The number of hydrogen-bond donors (Lipinski definition) is 3. The first kappa shape index (κ1) is 9.80. The second kappa shape index (κ2) is 4.09. The maximum absolute atomic E-state index is 10.3. The van der Waals surface area contributed by atoms with E-state index in [9.17, 15) is 4.79 Å². The van der Waals surface area contributed by atoms with Gasteiger partial charge in [0.1, 0.15) is 5.76 Å². The largest absolute Gasteiger partial charge is 0.508 e. The average Bonchev–Trinajstić information content (AvgIpc) is 2.04. The first-order valence-corrected chi connectivity index (χ1v) is 4.14. The molecule has 0 aromatic carbocycles. The van der Waals surface area contributed by atoms with Crippen LogP contribution in [0.15, 0.2) is 24.0 Å². The molecular formula is C9H13NO3. The molecule has 13 heavy (non-hydrogen) atoms. The van der Waals surface area contributed by atoms with E-state index in [4.69, 9.17) is 15.9 Å². The van der Waals surface area contributed by atoms with Crippen molar-refractivity contribution in [2.24, 2.45) is 11.7 Å². The first-order valence-electron chi connectivity index (χ1n) is 4.14. The van der Waals surface area contributed by atoms with Crippen molar-refractivity contribution < 1.29 is 15.0 Å². The molecule has 1 rings (SSSR count). The lowest BCUT2D eigenvalue weighted by atomic mass is 9.91. The average molecular weight is 183 g/mol. The quantitative estimate of drug-likeness (QED) is 0.604. The van der Waals surface area contributed by atoms with Crippen LogP contribution in [0.4, 0.5) is 0 Å². The number of aliphatic carboxylic acids is 1. The van der Waals surface area contributed by atoms with Gasteiger partial charge in [-0.2, -0.15) is 0 Å². The van der Waals surface area contributed by atoms with Crippen LogP contribution in [-0.2, 0) is 4.79 Å². The van der Waals surface area contributed by atoms with Gasteiger partial charge in [-0.3, -0.25) is 4.79 Å². The van der Waals surface area contributed by atoms with Gasteiger partial charge in [0.15, 0.2) is 0 Å². The number of carbonyl (C=O) groups is 1. The molecule has 0 spiro atoms. The molecule has 1 aliphatic carbocycles. The van der Waals surface area contributed by atoms with Crippen molar-refractivity contribution in [3.63, 3.8) is 0 Å². The van der Waals surface area contributed by atoms with E-state index < -0.39 is 5.97 Å². The Balaban J connectivity index is 2.47. The molecule has 0 heterocycles. The maximum atomic E-state index is 10.3. The minimum absolute atomic E-state index is 0.0204. The van der Waals surface area contributed by atoms with Crippen molar-refractivity contribution >= 4 is 5.97 Å². The fourth-order valence-electron chi connectivity index (χ4n) is 1.30. The van der Waals surface area contributed by atoms with E-state index in [1.165, 1.54) is 0 Å². The highest BCUT2D eigenvalue weighted by Crippen LogP contribution is 2.18. The van der Waals surface area contributed by atoms with Crippen LogP contribution >= 0.6 is 0 Å². The zero-order chi connectivity index (χ0) is 9.84. The predicted molar refractivity (Wildman–Crippen MR) is 48.2 cm³/mol. The number of rotatable bonds is 3. The van der Waals surface area contributed by atoms with Crippen LogP contribution in [0.3, 0.4) is 0 Å². The molecule has 0 aliphatic heterocycles. The Labute approximate surface area is 76.4 Å². The Bertz CT molecular complexity index is 258. The number of nitrogens with two attached hydrogens (primary N) is 1. The van der Waals surface area contributed by atoms with Crippen molar-refractivity contribution in [2.45, 2.75) is 18.9 Å². The molecule has 4 heteroatoms. The van der Waals surface area contributed by atoms with Gasteiger partial charge in [0, 0.05) is 6.04 Å². The number of aliphatic hydroxyl groups is 1. The van der Waals surface area contributed by atoms with Crippen LogP contribution in [0.25, 0.3) is 0 Å². The van der Waals surface area contributed by atoms with E-state index in [0.717, 1.165) is 0 Å².